The summed E-state index contributed by atoms with van der Waals surface area (Å²) in [5, 5.41) is 1.47. The molecule has 0 bridgehead atoms. The molecule has 0 aromatic heterocycles. The van der Waals surface area contributed by atoms with Gasteiger partial charge in [0.2, 0.25) is 0 Å². The molecular weight excluding hydrogens is 399 g/mol. The fourth-order valence-electron chi connectivity index (χ4n) is 2.46. The molecule has 0 unspecified atom stereocenters. The van der Waals surface area contributed by atoms with Gasteiger partial charge in [0, 0.05) is 24.1 Å². The van der Waals surface area contributed by atoms with Crippen LogP contribution in [0.15, 0.2) is 46.4 Å². The van der Waals surface area contributed by atoms with E-state index in [0.29, 0.717) is 0 Å². The van der Waals surface area contributed by atoms with Gasteiger partial charge in [0.15, 0.2) is 0 Å². The van der Waals surface area contributed by atoms with Gasteiger partial charge in [0.05, 0.1) is 23.5 Å². The topological polar surface area (TPSA) is 31.2 Å². The minimum atomic E-state index is 0.734. The van der Waals surface area contributed by atoms with Crippen LogP contribution in [-0.4, -0.2) is 35.4 Å². The summed E-state index contributed by atoms with van der Waals surface area (Å²) in [6, 6.07) is 11.5. The van der Waals surface area contributed by atoms with E-state index in [0.717, 1.165) is 45.4 Å². The van der Waals surface area contributed by atoms with E-state index in [2.05, 4.69) is 23.8 Å². The Morgan fingerprint density at radius 1 is 0.815 bits per heavy atom. The van der Waals surface area contributed by atoms with Crippen LogP contribution in [0, 0.1) is 0 Å². The van der Waals surface area contributed by atoms with Crippen molar-refractivity contribution in [3.05, 3.63) is 57.6 Å². The molecule has 0 aliphatic heterocycles. The van der Waals surface area contributed by atoms with Gasteiger partial charge < -0.3 is 0 Å². The molecule has 0 amide bonds. The summed E-state index contributed by atoms with van der Waals surface area (Å²) in [6.07, 6.45) is 5.35. The summed E-state index contributed by atoms with van der Waals surface area (Å²) in [5.74, 6) is 0. The first-order valence-corrected chi connectivity index (χ1v) is 10.2. The molecule has 2 aromatic carbocycles. The molecular formula is C20H24Cl2N4S. The van der Waals surface area contributed by atoms with Crippen LogP contribution in [0.3, 0.4) is 0 Å². The Morgan fingerprint density at radius 3 is 1.59 bits per heavy atom. The van der Waals surface area contributed by atoms with Crippen LogP contribution in [0.25, 0.3) is 0 Å². The summed E-state index contributed by atoms with van der Waals surface area (Å²) in [4.78, 5) is 9.12. The van der Waals surface area contributed by atoms with E-state index in [1.807, 2.05) is 59.1 Å². The number of rotatable bonds is 8. The lowest BCUT2D eigenvalue weighted by Gasteiger charge is -2.18. The third-order valence-corrected chi connectivity index (χ3v) is 5.00. The molecule has 0 saturated heterocycles. The Bertz CT molecular complexity index is 756. The second-order valence-corrected chi connectivity index (χ2v) is 8.10. The lowest BCUT2D eigenvalue weighted by Crippen LogP contribution is -2.16. The maximum Gasteiger partial charge on any atom is 0.102 e. The molecule has 2 aromatic rings. The van der Waals surface area contributed by atoms with Gasteiger partial charge in [0.1, 0.15) is 12.7 Å². The second kappa shape index (κ2) is 10.6. The van der Waals surface area contributed by atoms with Crippen molar-refractivity contribution in [3.8, 4) is 0 Å². The number of nitrogens with zero attached hydrogens (tertiary/aromatic N) is 4. The minimum absolute atomic E-state index is 0.734. The number of benzene rings is 2. The minimum Gasteiger partial charge on any atom is -0.292 e. The maximum absolute atomic E-state index is 6.05. The van der Waals surface area contributed by atoms with Gasteiger partial charge in [-0.05, 0) is 60.4 Å². The van der Waals surface area contributed by atoms with Crippen molar-refractivity contribution in [2.45, 2.75) is 26.7 Å². The highest BCUT2D eigenvalue weighted by molar-refractivity contribution is 7.95. The van der Waals surface area contributed by atoms with Crippen LogP contribution in [0.5, 0.6) is 0 Å². The molecule has 0 heterocycles. The zero-order valence-electron chi connectivity index (χ0n) is 16.0. The second-order valence-electron chi connectivity index (χ2n) is 5.92. The van der Waals surface area contributed by atoms with Crippen LogP contribution < -0.4 is 0 Å². The molecule has 27 heavy (non-hydrogen) atoms. The Labute approximate surface area is 176 Å². The molecule has 0 radical (unpaired) electrons. The zero-order valence-corrected chi connectivity index (χ0v) is 18.3. The normalized spacial score (nSPS) is 11.5. The number of aliphatic imine (C=N–C) groups is 2. The molecule has 2 rings (SSSR count). The Morgan fingerprint density at radius 2 is 1.22 bits per heavy atom. The van der Waals surface area contributed by atoms with Crippen molar-refractivity contribution < 1.29 is 0 Å². The monoisotopic (exact) mass is 422 g/mol. The predicted octanol–water partition coefficient (Wildman–Crippen LogP) is 6.56. The van der Waals surface area contributed by atoms with Crippen molar-refractivity contribution in [1.29, 1.82) is 0 Å². The van der Waals surface area contributed by atoms with Crippen molar-refractivity contribution in [3.63, 3.8) is 0 Å². The van der Waals surface area contributed by atoms with Gasteiger partial charge in [0.25, 0.3) is 0 Å². The quantitative estimate of drug-likeness (QED) is 0.274. The molecule has 0 fully saturated rings. The molecule has 7 heteroatoms. The predicted molar refractivity (Wildman–Crippen MR) is 121 cm³/mol. The van der Waals surface area contributed by atoms with Gasteiger partial charge in [-0.3, -0.25) is 8.61 Å². The lowest BCUT2D eigenvalue weighted by atomic mass is 10.1. The van der Waals surface area contributed by atoms with E-state index in [4.69, 9.17) is 23.2 Å². The Balaban J connectivity index is 1.98. The van der Waals surface area contributed by atoms with Crippen LogP contribution in [0.4, 0.5) is 11.4 Å². The van der Waals surface area contributed by atoms with Crippen LogP contribution in [-0.2, 0) is 12.8 Å². The van der Waals surface area contributed by atoms with Crippen molar-refractivity contribution in [2.24, 2.45) is 9.98 Å². The summed E-state index contributed by atoms with van der Waals surface area (Å²) in [6.45, 7) is 4.18. The van der Waals surface area contributed by atoms with Crippen molar-refractivity contribution >= 4 is 59.4 Å². The molecule has 0 aliphatic rings. The largest absolute Gasteiger partial charge is 0.292 e. The van der Waals surface area contributed by atoms with Crippen LogP contribution in [0.1, 0.15) is 25.0 Å². The van der Waals surface area contributed by atoms with Crippen LogP contribution in [0.2, 0.25) is 10.0 Å². The Hall–Kier alpha value is -1.69. The number of halogens is 2. The average molecular weight is 423 g/mol. The fraction of sp³-hybridized carbons (Fsp3) is 0.300. The third kappa shape index (κ3) is 6.76. The molecule has 144 valence electrons. The highest BCUT2D eigenvalue weighted by atomic mass is 35.5. The highest BCUT2D eigenvalue weighted by Crippen LogP contribution is 2.25. The van der Waals surface area contributed by atoms with E-state index < -0.39 is 0 Å². The van der Waals surface area contributed by atoms with E-state index in [1.54, 1.807) is 12.7 Å². The molecule has 4 nitrogen and oxygen atoms in total. The molecule has 0 atom stereocenters. The van der Waals surface area contributed by atoms with E-state index in [-0.39, 0.29) is 0 Å². The van der Waals surface area contributed by atoms with Crippen LogP contribution >= 0.6 is 35.3 Å². The summed E-state index contributed by atoms with van der Waals surface area (Å²) in [5.41, 5.74) is 4.11. The first-order valence-electron chi connectivity index (χ1n) is 8.71. The van der Waals surface area contributed by atoms with Gasteiger partial charge in [-0.2, -0.15) is 0 Å². The fourth-order valence-corrected chi connectivity index (χ4v) is 3.43. The SMILES string of the molecule is CCc1cc(Cl)ccc1/N=C\N(C)SN(C)/C=N\c1ccc(Cl)cc1CC. The van der Waals surface area contributed by atoms with Gasteiger partial charge in [-0.25, -0.2) is 9.98 Å². The van der Waals surface area contributed by atoms with Crippen molar-refractivity contribution in [2.75, 3.05) is 14.1 Å². The lowest BCUT2D eigenvalue weighted by molar-refractivity contribution is 0.779. The van der Waals surface area contributed by atoms with Gasteiger partial charge >= 0.3 is 0 Å². The molecule has 0 N–H and O–H groups in total. The zero-order chi connectivity index (χ0) is 19.8. The standard InChI is InChI=1S/C20H24Cl2N4S/c1-5-15-11-17(21)7-9-19(15)23-13-25(3)27-26(4)14-24-20-10-8-18(22)12-16(20)6-2/h7-14H,5-6H2,1-4H3/b23-13-,24-14-. The van der Waals surface area contributed by atoms with Gasteiger partial charge in [-0.15, -0.1) is 0 Å². The molecule has 0 saturated carbocycles. The molecule has 0 spiro atoms. The number of aryl methyl sites for hydroxylation is 2. The first-order chi connectivity index (χ1) is 12.9. The summed E-state index contributed by atoms with van der Waals surface area (Å²) < 4.78 is 3.84. The Kier molecular flexibility index (Phi) is 8.48. The number of hydrogen-bond acceptors (Lipinski definition) is 3. The summed E-state index contributed by atoms with van der Waals surface area (Å²) in [7, 11) is 3.89. The maximum atomic E-state index is 6.05. The first kappa shape index (κ1) is 21.6. The van der Waals surface area contributed by atoms with E-state index in [1.165, 1.54) is 12.1 Å². The smallest absolute Gasteiger partial charge is 0.102 e. The van der Waals surface area contributed by atoms with E-state index >= 15 is 0 Å². The average Bonchev–Trinajstić information content (AvgIpc) is 2.65. The van der Waals surface area contributed by atoms with Gasteiger partial charge in [-0.1, -0.05) is 37.0 Å². The summed E-state index contributed by atoms with van der Waals surface area (Å²) >= 11 is 13.6. The molecule has 0 aliphatic carbocycles. The third-order valence-electron chi connectivity index (χ3n) is 3.82. The van der Waals surface area contributed by atoms with Crippen molar-refractivity contribution in [1.82, 2.24) is 8.61 Å². The highest BCUT2D eigenvalue weighted by Gasteiger charge is 2.03. The number of hydrogen-bond donors (Lipinski definition) is 0. The van der Waals surface area contributed by atoms with E-state index in [9.17, 15) is 0 Å².